The van der Waals surface area contributed by atoms with Crippen molar-refractivity contribution in [3.8, 4) is 0 Å². The van der Waals surface area contributed by atoms with Crippen LogP contribution in [0.25, 0.3) is 0 Å². The molecule has 2 N–H and O–H groups in total. The number of urea groups is 1. The Morgan fingerprint density at radius 2 is 1.76 bits per heavy atom. The highest BCUT2D eigenvalue weighted by molar-refractivity contribution is 7.92. The Morgan fingerprint density at radius 3 is 2.33 bits per heavy atom. The maximum Gasteiger partial charge on any atom is 0.319 e. The van der Waals surface area contributed by atoms with Crippen molar-refractivity contribution >= 4 is 21.6 Å². The molecule has 0 unspecified atom stereocenters. The lowest BCUT2D eigenvalue weighted by atomic mass is 10.1. The monoisotopic (exact) mass is 312 g/mol. The molecule has 0 aliphatic heterocycles. The number of anilines is 1. The van der Waals surface area contributed by atoms with Crippen LogP contribution >= 0.6 is 0 Å². The molecule has 0 aromatic heterocycles. The van der Waals surface area contributed by atoms with Crippen molar-refractivity contribution in [3.05, 3.63) is 24.3 Å². The molecule has 1 aromatic carbocycles. The van der Waals surface area contributed by atoms with Gasteiger partial charge in [0.2, 0.25) is 0 Å². The van der Waals surface area contributed by atoms with E-state index >= 15 is 0 Å². The lowest BCUT2D eigenvalue weighted by molar-refractivity contribution is 0.251. The molecule has 0 aliphatic rings. The molecule has 0 aliphatic carbocycles. The molecule has 0 atom stereocenters. The summed E-state index contributed by atoms with van der Waals surface area (Å²) in [6, 6.07) is 6.07. The standard InChI is InChI=1S/C15H24N2O3S/c1-11(2)9-10-16-15(18)17-13-7-5-6-8-14(13)21(19,20)12(3)4/h5-8,11-12H,9-10H2,1-4H3,(H2,16,17,18). The van der Waals surface area contributed by atoms with Crippen LogP contribution in [0.4, 0.5) is 10.5 Å². The molecule has 1 aromatic rings. The van der Waals surface area contributed by atoms with Crippen LogP contribution < -0.4 is 10.6 Å². The van der Waals surface area contributed by atoms with E-state index < -0.39 is 15.1 Å². The predicted octanol–water partition coefficient (Wildman–Crippen LogP) is 3.04. The molecule has 0 spiro atoms. The normalized spacial score (nSPS) is 11.7. The van der Waals surface area contributed by atoms with Gasteiger partial charge in [-0.2, -0.15) is 0 Å². The van der Waals surface area contributed by atoms with Crippen molar-refractivity contribution < 1.29 is 13.2 Å². The largest absolute Gasteiger partial charge is 0.338 e. The third kappa shape index (κ3) is 5.04. The van der Waals surface area contributed by atoms with Gasteiger partial charge in [0.25, 0.3) is 0 Å². The summed E-state index contributed by atoms with van der Waals surface area (Å²) in [4.78, 5) is 12.0. The fourth-order valence-corrected chi connectivity index (χ4v) is 2.91. The van der Waals surface area contributed by atoms with E-state index in [1.165, 1.54) is 6.07 Å². The molecule has 0 saturated heterocycles. The van der Waals surface area contributed by atoms with E-state index in [4.69, 9.17) is 0 Å². The minimum absolute atomic E-state index is 0.152. The molecule has 2 amide bonds. The van der Waals surface area contributed by atoms with Crippen LogP contribution in [0.15, 0.2) is 29.2 Å². The number of carbonyl (C=O) groups is 1. The number of para-hydroxylation sites is 1. The molecule has 0 fully saturated rings. The van der Waals surface area contributed by atoms with Gasteiger partial charge in [-0.15, -0.1) is 0 Å². The van der Waals surface area contributed by atoms with Crippen LogP contribution in [0.5, 0.6) is 0 Å². The van der Waals surface area contributed by atoms with Gasteiger partial charge >= 0.3 is 6.03 Å². The molecule has 1 rings (SSSR count). The fraction of sp³-hybridized carbons (Fsp3) is 0.533. The van der Waals surface area contributed by atoms with Gasteiger partial charge in [0.1, 0.15) is 0 Å². The molecule has 118 valence electrons. The third-order valence-corrected chi connectivity index (χ3v) is 5.28. The van der Waals surface area contributed by atoms with Gasteiger partial charge in [0, 0.05) is 6.54 Å². The first-order chi connectivity index (χ1) is 9.75. The molecular formula is C15H24N2O3S. The van der Waals surface area contributed by atoms with Crippen LogP contribution in [0.1, 0.15) is 34.1 Å². The minimum Gasteiger partial charge on any atom is -0.338 e. The van der Waals surface area contributed by atoms with Crippen LogP contribution in [0, 0.1) is 5.92 Å². The van der Waals surface area contributed by atoms with E-state index in [9.17, 15) is 13.2 Å². The van der Waals surface area contributed by atoms with Gasteiger partial charge in [-0.3, -0.25) is 0 Å². The van der Waals surface area contributed by atoms with E-state index in [0.29, 0.717) is 18.2 Å². The number of carbonyl (C=O) groups excluding carboxylic acids is 1. The molecule has 0 radical (unpaired) electrons. The van der Waals surface area contributed by atoms with Crippen molar-refractivity contribution in [3.63, 3.8) is 0 Å². The Kier molecular flexibility index (Phi) is 6.20. The second-order valence-electron chi connectivity index (χ2n) is 5.65. The Balaban J connectivity index is 2.83. The smallest absolute Gasteiger partial charge is 0.319 e. The van der Waals surface area contributed by atoms with E-state index in [1.807, 2.05) is 0 Å². The lowest BCUT2D eigenvalue weighted by Gasteiger charge is -2.14. The fourth-order valence-electron chi connectivity index (χ4n) is 1.71. The van der Waals surface area contributed by atoms with Crippen molar-refractivity contribution in [2.24, 2.45) is 5.92 Å². The van der Waals surface area contributed by atoms with E-state index in [0.717, 1.165) is 6.42 Å². The minimum atomic E-state index is -3.43. The van der Waals surface area contributed by atoms with Gasteiger partial charge in [0.15, 0.2) is 9.84 Å². The summed E-state index contributed by atoms with van der Waals surface area (Å²) in [7, 11) is -3.43. The highest BCUT2D eigenvalue weighted by atomic mass is 32.2. The molecule has 0 heterocycles. The van der Waals surface area contributed by atoms with Gasteiger partial charge in [-0.1, -0.05) is 26.0 Å². The maximum atomic E-state index is 12.3. The van der Waals surface area contributed by atoms with Gasteiger partial charge in [0.05, 0.1) is 15.8 Å². The molecular weight excluding hydrogens is 288 g/mol. The lowest BCUT2D eigenvalue weighted by Crippen LogP contribution is -2.31. The summed E-state index contributed by atoms with van der Waals surface area (Å²) < 4.78 is 24.5. The molecule has 6 heteroatoms. The summed E-state index contributed by atoms with van der Waals surface area (Å²) in [6.07, 6.45) is 0.874. The number of benzene rings is 1. The topological polar surface area (TPSA) is 75.3 Å². The first kappa shape index (κ1) is 17.5. The number of hydrogen-bond donors (Lipinski definition) is 2. The predicted molar refractivity (Wildman–Crippen MR) is 85.2 cm³/mol. The first-order valence-electron chi connectivity index (χ1n) is 7.13. The number of hydrogen-bond acceptors (Lipinski definition) is 3. The summed E-state index contributed by atoms with van der Waals surface area (Å²) >= 11 is 0. The third-order valence-electron chi connectivity index (χ3n) is 3.07. The van der Waals surface area contributed by atoms with Crippen LogP contribution in [-0.4, -0.2) is 26.2 Å². The number of sulfone groups is 1. The zero-order valence-electron chi connectivity index (χ0n) is 13.0. The van der Waals surface area contributed by atoms with Crippen molar-refractivity contribution in [2.75, 3.05) is 11.9 Å². The SMILES string of the molecule is CC(C)CCNC(=O)Nc1ccccc1S(=O)(=O)C(C)C. The molecule has 5 nitrogen and oxygen atoms in total. The summed E-state index contributed by atoms with van der Waals surface area (Å²) in [5.74, 6) is 0.499. The second kappa shape index (κ2) is 7.45. The molecule has 21 heavy (non-hydrogen) atoms. The van der Waals surface area contributed by atoms with Crippen molar-refractivity contribution in [1.29, 1.82) is 0 Å². The second-order valence-corrected chi connectivity index (χ2v) is 8.13. The van der Waals surface area contributed by atoms with Crippen LogP contribution in [-0.2, 0) is 9.84 Å². The number of amides is 2. The molecule has 0 saturated carbocycles. The first-order valence-corrected chi connectivity index (χ1v) is 8.67. The average molecular weight is 312 g/mol. The Hall–Kier alpha value is -1.56. The summed E-state index contributed by atoms with van der Waals surface area (Å²) in [5.41, 5.74) is 0.313. The van der Waals surface area contributed by atoms with E-state index in [2.05, 4.69) is 24.5 Å². The number of rotatable bonds is 6. The Morgan fingerprint density at radius 1 is 1.14 bits per heavy atom. The zero-order valence-corrected chi connectivity index (χ0v) is 13.8. The quantitative estimate of drug-likeness (QED) is 0.847. The van der Waals surface area contributed by atoms with E-state index in [1.54, 1.807) is 32.0 Å². The Labute approximate surface area is 127 Å². The highest BCUT2D eigenvalue weighted by Gasteiger charge is 2.22. The van der Waals surface area contributed by atoms with Crippen LogP contribution in [0.3, 0.4) is 0 Å². The van der Waals surface area contributed by atoms with Crippen molar-refractivity contribution in [1.82, 2.24) is 5.32 Å². The molecule has 0 bridgehead atoms. The van der Waals surface area contributed by atoms with E-state index in [-0.39, 0.29) is 10.9 Å². The summed E-state index contributed by atoms with van der Waals surface area (Å²) in [6.45, 7) is 7.94. The highest BCUT2D eigenvalue weighted by Crippen LogP contribution is 2.24. The van der Waals surface area contributed by atoms with Crippen LogP contribution in [0.2, 0.25) is 0 Å². The van der Waals surface area contributed by atoms with Gasteiger partial charge in [-0.25, -0.2) is 13.2 Å². The van der Waals surface area contributed by atoms with Gasteiger partial charge in [-0.05, 0) is 38.3 Å². The maximum absolute atomic E-state index is 12.3. The van der Waals surface area contributed by atoms with Gasteiger partial charge < -0.3 is 10.6 Å². The van der Waals surface area contributed by atoms with Crippen molar-refractivity contribution in [2.45, 2.75) is 44.3 Å². The Bertz CT molecular complexity index is 580. The number of nitrogens with one attached hydrogen (secondary N) is 2. The average Bonchev–Trinajstić information content (AvgIpc) is 2.38. The summed E-state index contributed by atoms with van der Waals surface area (Å²) in [5, 5.41) is 4.80. The zero-order chi connectivity index (χ0) is 16.0.